The summed E-state index contributed by atoms with van der Waals surface area (Å²) in [5, 5.41) is 17.1. The van der Waals surface area contributed by atoms with E-state index in [-0.39, 0.29) is 31.6 Å². The first kappa shape index (κ1) is 9.19. The van der Waals surface area contributed by atoms with Crippen molar-refractivity contribution in [2.24, 2.45) is 22.4 Å². The summed E-state index contributed by atoms with van der Waals surface area (Å²) in [4.78, 5) is 3.62. The number of hydrogen-bond acceptors (Lipinski definition) is 3. The van der Waals surface area contributed by atoms with Crippen LogP contribution in [0, 0.1) is 5.92 Å². The van der Waals surface area contributed by atoms with Gasteiger partial charge in [-0.2, -0.15) is 0 Å². The van der Waals surface area contributed by atoms with Crippen molar-refractivity contribution in [2.45, 2.75) is 0 Å². The summed E-state index contributed by atoms with van der Waals surface area (Å²) in [5.74, 6) is -0.269. The van der Waals surface area contributed by atoms with Gasteiger partial charge in [-0.15, -0.1) is 0 Å². The zero-order valence-corrected chi connectivity index (χ0v) is 5.70. The largest absolute Gasteiger partial charge is 0.396 e. The summed E-state index contributed by atoms with van der Waals surface area (Å²) < 4.78 is 0. The van der Waals surface area contributed by atoms with Gasteiger partial charge in [-0.1, -0.05) is 0 Å². The molecule has 5 heteroatoms. The average Bonchev–Trinajstić information content (AvgIpc) is 1.90. The molecule has 0 aliphatic heterocycles. The second-order valence-corrected chi connectivity index (χ2v) is 2.00. The zero-order chi connectivity index (χ0) is 7.98. The van der Waals surface area contributed by atoms with Crippen LogP contribution in [-0.2, 0) is 0 Å². The highest BCUT2D eigenvalue weighted by Crippen LogP contribution is 1.92. The van der Waals surface area contributed by atoms with Gasteiger partial charge in [0.2, 0.25) is 0 Å². The summed E-state index contributed by atoms with van der Waals surface area (Å²) in [6.45, 7) is 0.0654. The first-order chi connectivity index (χ1) is 4.70. The minimum Gasteiger partial charge on any atom is -0.396 e. The number of aliphatic hydroxyl groups is 2. The Morgan fingerprint density at radius 3 is 2.10 bits per heavy atom. The van der Waals surface area contributed by atoms with Gasteiger partial charge < -0.3 is 21.7 Å². The molecule has 0 aliphatic carbocycles. The fraction of sp³-hybridized carbons (Fsp3) is 0.800. The van der Waals surface area contributed by atoms with E-state index in [2.05, 4.69) is 4.99 Å². The third-order valence-electron chi connectivity index (χ3n) is 1.05. The molecule has 0 rings (SSSR count). The van der Waals surface area contributed by atoms with Gasteiger partial charge in [0.15, 0.2) is 5.96 Å². The molecule has 5 nitrogen and oxygen atoms in total. The van der Waals surface area contributed by atoms with Crippen LogP contribution in [0.1, 0.15) is 0 Å². The first-order valence-electron chi connectivity index (χ1n) is 2.97. The second-order valence-electron chi connectivity index (χ2n) is 2.00. The van der Waals surface area contributed by atoms with Gasteiger partial charge in [-0.05, 0) is 0 Å². The summed E-state index contributed by atoms with van der Waals surface area (Å²) in [7, 11) is 0. The maximum absolute atomic E-state index is 8.53. The highest BCUT2D eigenvalue weighted by molar-refractivity contribution is 5.75. The number of nitrogens with zero attached hydrogens (tertiary/aromatic N) is 1. The molecular weight excluding hydrogens is 134 g/mol. The van der Waals surface area contributed by atoms with Gasteiger partial charge in [0.05, 0.1) is 0 Å². The maximum atomic E-state index is 8.53. The van der Waals surface area contributed by atoms with Crippen molar-refractivity contribution in [1.82, 2.24) is 0 Å². The minimum atomic E-state index is -0.248. The summed E-state index contributed by atoms with van der Waals surface area (Å²) in [6.07, 6.45) is 0. The van der Waals surface area contributed by atoms with Crippen LogP contribution < -0.4 is 11.5 Å². The molecule has 60 valence electrons. The Morgan fingerprint density at radius 1 is 1.30 bits per heavy atom. The zero-order valence-electron chi connectivity index (χ0n) is 5.70. The van der Waals surface area contributed by atoms with Gasteiger partial charge in [-0.3, -0.25) is 4.99 Å². The third kappa shape index (κ3) is 4.11. The lowest BCUT2D eigenvalue weighted by Crippen LogP contribution is -2.25. The van der Waals surface area contributed by atoms with E-state index >= 15 is 0 Å². The molecule has 0 spiro atoms. The number of rotatable bonds is 4. The molecule has 0 saturated heterocycles. The maximum Gasteiger partial charge on any atom is 0.185 e. The van der Waals surface area contributed by atoms with Crippen LogP contribution in [0.15, 0.2) is 4.99 Å². The molecular formula is C5H13N3O2. The van der Waals surface area contributed by atoms with E-state index in [4.69, 9.17) is 21.7 Å². The number of hydrogen-bond donors (Lipinski definition) is 4. The molecule has 10 heavy (non-hydrogen) atoms. The predicted octanol–water partition coefficient (Wildman–Crippen LogP) is -2.14. The number of nitrogens with two attached hydrogens (primary N) is 2. The van der Waals surface area contributed by atoms with Gasteiger partial charge in [0.1, 0.15) is 0 Å². The van der Waals surface area contributed by atoms with E-state index in [1.807, 2.05) is 0 Å². The van der Waals surface area contributed by atoms with E-state index in [0.717, 1.165) is 0 Å². The average molecular weight is 147 g/mol. The van der Waals surface area contributed by atoms with Crippen LogP contribution in [-0.4, -0.2) is 35.9 Å². The fourth-order valence-electron chi connectivity index (χ4n) is 0.408. The van der Waals surface area contributed by atoms with E-state index in [1.165, 1.54) is 0 Å². The van der Waals surface area contributed by atoms with Crippen LogP contribution in [0.5, 0.6) is 0 Å². The molecule has 0 aromatic rings. The minimum absolute atomic E-state index is 0.0214. The fourth-order valence-corrected chi connectivity index (χ4v) is 0.408. The van der Waals surface area contributed by atoms with Crippen LogP contribution in [0.4, 0.5) is 0 Å². The van der Waals surface area contributed by atoms with Crippen molar-refractivity contribution >= 4 is 5.96 Å². The highest BCUT2D eigenvalue weighted by atomic mass is 16.3. The van der Waals surface area contributed by atoms with Crippen molar-refractivity contribution < 1.29 is 10.2 Å². The van der Waals surface area contributed by atoms with E-state index in [1.54, 1.807) is 0 Å². The van der Waals surface area contributed by atoms with E-state index in [0.29, 0.717) is 0 Å². The lowest BCUT2D eigenvalue weighted by Gasteiger charge is -2.05. The number of aliphatic hydroxyl groups excluding tert-OH is 2. The summed E-state index contributed by atoms with van der Waals surface area (Å²) in [6, 6.07) is 0. The lowest BCUT2D eigenvalue weighted by molar-refractivity contribution is 0.155. The van der Waals surface area contributed by atoms with Crippen molar-refractivity contribution in [2.75, 3.05) is 19.8 Å². The van der Waals surface area contributed by atoms with Gasteiger partial charge in [-0.25, -0.2) is 0 Å². The Kier molecular flexibility index (Phi) is 4.61. The SMILES string of the molecule is NC(N)=NCC(CO)CO. The molecule has 0 aromatic heterocycles. The molecule has 0 amide bonds. The quantitative estimate of drug-likeness (QED) is 0.269. The first-order valence-corrected chi connectivity index (χ1v) is 2.97. The molecule has 0 bridgehead atoms. The molecule has 0 fully saturated rings. The topological polar surface area (TPSA) is 105 Å². The molecule has 0 aromatic carbocycles. The number of guanidine groups is 1. The van der Waals surface area contributed by atoms with Crippen LogP contribution in [0.25, 0.3) is 0 Å². The van der Waals surface area contributed by atoms with Crippen LogP contribution in [0.3, 0.4) is 0 Å². The standard InChI is InChI=1S/C5H13N3O2/c6-5(7)8-1-4(2-9)3-10/h4,9-10H,1-3H2,(H4,6,7,8). The molecule has 0 atom stereocenters. The smallest absolute Gasteiger partial charge is 0.185 e. The second kappa shape index (κ2) is 5.01. The lowest BCUT2D eigenvalue weighted by atomic mass is 10.2. The summed E-state index contributed by atoms with van der Waals surface area (Å²) in [5.41, 5.74) is 10.0. The van der Waals surface area contributed by atoms with E-state index in [9.17, 15) is 0 Å². The van der Waals surface area contributed by atoms with Crippen LogP contribution in [0.2, 0.25) is 0 Å². The van der Waals surface area contributed by atoms with E-state index < -0.39 is 0 Å². The Labute approximate surface area is 59.4 Å². The van der Waals surface area contributed by atoms with Crippen molar-refractivity contribution in [3.8, 4) is 0 Å². The van der Waals surface area contributed by atoms with Crippen molar-refractivity contribution in [3.63, 3.8) is 0 Å². The molecule has 0 radical (unpaired) electrons. The Balaban J connectivity index is 3.54. The van der Waals surface area contributed by atoms with Gasteiger partial charge in [0, 0.05) is 25.7 Å². The highest BCUT2D eigenvalue weighted by Gasteiger charge is 2.02. The Morgan fingerprint density at radius 2 is 1.80 bits per heavy atom. The molecule has 6 N–H and O–H groups in total. The van der Waals surface area contributed by atoms with Crippen molar-refractivity contribution in [1.29, 1.82) is 0 Å². The Bertz CT molecular complexity index is 107. The van der Waals surface area contributed by atoms with Crippen LogP contribution >= 0.6 is 0 Å². The summed E-state index contributed by atoms with van der Waals surface area (Å²) >= 11 is 0. The molecule has 0 saturated carbocycles. The Hall–Kier alpha value is -0.810. The molecule has 0 unspecified atom stereocenters. The predicted molar refractivity (Wildman–Crippen MR) is 38.3 cm³/mol. The molecule has 0 heterocycles. The number of aliphatic imine (C=N–C) groups is 1. The third-order valence-corrected chi connectivity index (χ3v) is 1.05. The van der Waals surface area contributed by atoms with Gasteiger partial charge >= 0.3 is 0 Å². The molecule has 0 aliphatic rings. The van der Waals surface area contributed by atoms with Gasteiger partial charge in [0.25, 0.3) is 0 Å². The normalized spacial score (nSPS) is 9.90. The van der Waals surface area contributed by atoms with Crippen molar-refractivity contribution in [3.05, 3.63) is 0 Å². The monoisotopic (exact) mass is 147 g/mol.